The summed E-state index contributed by atoms with van der Waals surface area (Å²) >= 11 is 0. The van der Waals surface area contributed by atoms with E-state index in [1.54, 1.807) is 7.11 Å². The second-order valence-electron chi connectivity index (χ2n) is 5.79. The molecule has 0 aromatic heterocycles. The van der Waals surface area contributed by atoms with Crippen LogP contribution >= 0.6 is 0 Å². The lowest BCUT2D eigenvalue weighted by molar-refractivity contribution is -0.121. The van der Waals surface area contributed by atoms with Crippen molar-refractivity contribution in [2.24, 2.45) is 0 Å². The van der Waals surface area contributed by atoms with Gasteiger partial charge in [-0.05, 0) is 17.7 Å². The van der Waals surface area contributed by atoms with Gasteiger partial charge in [0.15, 0.2) is 0 Å². The normalized spacial score (nSPS) is 16.4. The van der Waals surface area contributed by atoms with E-state index < -0.39 is 0 Å². The summed E-state index contributed by atoms with van der Waals surface area (Å²) in [4.78, 5) is 15.3. The van der Waals surface area contributed by atoms with Gasteiger partial charge in [0.1, 0.15) is 11.8 Å². The molecule has 2 aromatic carbocycles. The Morgan fingerprint density at radius 2 is 1.75 bits per heavy atom. The smallest absolute Gasteiger partial charge is 0.246 e. The summed E-state index contributed by atoms with van der Waals surface area (Å²) in [5.41, 5.74) is 1.70. The zero-order valence-corrected chi connectivity index (χ0v) is 13.9. The number of rotatable bonds is 5. The van der Waals surface area contributed by atoms with Gasteiger partial charge >= 0.3 is 0 Å². The fraction of sp³-hybridized carbons (Fsp3) is 0.316. The summed E-state index contributed by atoms with van der Waals surface area (Å²) in [5.74, 6) is 0.630. The number of nitrogens with zero attached hydrogens (tertiary/aromatic N) is 1. The molecule has 1 atom stereocenters. The summed E-state index contributed by atoms with van der Waals surface area (Å²) in [7, 11) is 1.61. The topological polar surface area (TPSA) is 53.6 Å². The number of nitrogens with one attached hydrogen (secondary N) is 2. The standard InChI is InChI=1S/C19H23N3O2/c1-24-17-10-6-5-9-16(17)21-19(23)18(15-7-3-2-4-8-15)22-13-11-20-12-14-22/h2-10,18,20H,11-14H2,1H3,(H,21,23). The highest BCUT2D eigenvalue weighted by Crippen LogP contribution is 2.27. The first-order valence-corrected chi connectivity index (χ1v) is 8.23. The summed E-state index contributed by atoms with van der Waals surface area (Å²) in [5, 5.41) is 6.37. The number of anilines is 1. The van der Waals surface area contributed by atoms with Gasteiger partial charge in [-0.3, -0.25) is 9.69 Å². The maximum Gasteiger partial charge on any atom is 0.246 e. The molecule has 1 aliphatic rings. The summed E-state index contributed by atoms with van der Waals surface area (Å²) in [6.45, 7) is 3.48. The van der Waals surface area contributed by atoms with Crippen molar-refractivity contribution in [2.75, 3.05) is 38.6 Å². The van der Waals surface area contributed by atoms with Crippen LogP contribution in [-0.2, 0) is 4.79 Å². The third-order valence-electron chi connectivity index (χ3n) is 4.25. The van der Waals surface area contributed by atoms with Gasteiger partial charge in [-0.25, -0.2) is 0 Å². The minimum atomic E-state index is -0.307. The molecule has 1 fully saturated rings. The number of hydrogen-bond acceptors (Lipinski definition) is 4. The van der Waals surface area contributed by atoms with Crippen LogP contribution in [0.1, 0.15) is 11.6 Å². The van der Waals surface area contributed by atoms with Gasteiger partial charge in [-0.2, -0.15) is 0 Å². The minimum absolute atomic E-state index is 0.0346. The van der Waals surface area contributed by atoms with Gasteiger partial charge in [0.2, 0.25) is 5.91 Å². The monoisotopic (exact) mass is 325 g/mol. The van der Waals surface area contributed by atoms with E-state index in [0.29, 0.717) is 11.4 Å². The fourth-order valence-corrected chi connectivity index (χ4v) is 3.05. The van der Waals surface area contributed by atoms with Crippen LogP contribution < -0.4 is 15.4 Å². The van der Waals surface area contributed by atoms with Crippen LogP contribution in [-0.4, -0.2) is 44.1 Å². The predicted octanol–water partition coefficient (Wildman–Crippen LogP) is 2.28. The highest BCUT2D eigenvalue weighted by atomic mass is 16.5. The molecule has 0 aliphatic carbocycles. The molecule has 3 rings (SSSR count). The number of amides is 1. The van der Waals surface area contributed by atoms with Gasteiger partial charge in [0, 0.05) is 26.2 Å². The van der Waals surface area contributed by atoms with Gasteiger partial charge in [-0.15, -0.1) is 0 Å². The average molecular weight is 325 g/mol. The van der Waals surface area contributed by atoms with Crippen LogP contribution in [0, 0.1) is 0 Å². The number of para-hydroxylation sites is 2. The van der Waals surface area contributed by atoms with Crippen molar-refractivity contribution in [1.29, 1.82) is 0 Å². The maximum absolute atomic E-state index is 13.1. The lowest BCUT2D eigenvalue weighted by atomic mass is 10.0. The number of benzene rings is 2. The molecule has 24 heavy (non-hydrogen) atoms. The van der Waals surface area contributed by atoms with Crippen molar-refractivity contribution in [2.45, 2.75) is 6.04 Å². The highest BCUT2D eigenvalue weighted by molar-refractivity contribution is 5.96. The number of carbonyl (C=O) groups excluding carboxylic acids is 1. The minimum Gasteiger partial charge on any atom is -0.495 e. The van der Waals surface area contributed by atoms with Gasteiger partial charge in [-0.1, -0.05) is 42.5 Å². The molecule has 5 heteroatoms. The van der Waals surface area contributed by atoms with Crippen LogP contribution in [0.2, 0.25) is 0 Å². The molecule has 0 bridgehead atoms. The molecule has 2 N–H and O–H groups in total. The first kappa shape index (κ1) is 16.5. The van der Waals surface area contributed by atoms with E-state index >= 15 is 0 Å². The molecular formula is C19H23N3O2. The fourth-order valence-electron chi connectivity index (χ4n) is 3.05. The molecule has 0 spiro atoms. The lowest BCUT2D eigenvalue weighted by Crippen LogP contribution is -2.48. The lowest BCUT2D eigenvalue weighted by Gasteiger charge is -2.34. The second-order valence-corrected chi connectivity index (χ2v) is 5.79. The molecule has 0 radical (unpaired) electrons. The maximum atomic E-state index is 13.1. The van der Waals surface area contributed by atoms with Crippen LogP contribution in [0.4, 0.5) is 5.69 Å². The van der Waals surface area contributed by atoms with Crippen molar-refractivity contribution in [3.8, 4) is 5.75 Å². The van der Waals surface area contributed by atoms with Crippen molar-refractivity contribution < 1.29 is 9.53 Å². The highest BCUT2D eigenvalue weighted by Gasteiger charge is 2.29. The van der Waals surface area contributed by atoms with E-state index in [2.05, 4.69) is 15.5 Å². The van der Waals surface area contributed by atoms with Crippen molar-refractivity contribution in [3.63, 3.8) is 0 Å². The van der Waals surface area contributed by atoms with Crippen LogP contribution in [0.15, 0.2) is 54.6 Å². The number of carbonyl (C=O) groups is 1. The largest absolute Gasteiger partial charge is 0.495 e. The molecule has 126 valence electrons. The first-order valence-electron chi connectivity index (χ1n) is 8.23. The third-order valence-corrected chi connectivity index (χ3v) is 4.25. The zero-order chi connectivity index (χ0) is 16.8. The summed E-state index contributed by atoms with van der Waals surface area (Å²) < 4.78 is 5.34. The van der Waals surface area contributed by atoms with Crippen molar-refractivity contribution in [1.82, 2.24) is 10.2 Å². The molecule has 1 amide bonds. The molecule has 0 saturated carbocycles. The van der Waals surface area contributed by atoms with E-state index in [1.807, 2.05) is 54.6 Å². The third kappa shape index (κ3) is 3.75. The zero-order valence-electron chi connectivity index (χ0n) is 13.9. The Hall–Kier alpha value is -2.37. The van der Waals surface area contributed by atoms with E-state index in [9.17, 15) is 4.79 Å². The van der Waals surface area contributed by atoms with Gasteiger partial charge < -0.3 is 15.4 Å². The average Bonchev–Trinajstić information content (AvgIpc) is 2.64. The van der Waals surface area contributed by atoms with Crippen LogP contribution in [0.5, 0.6) is 5.75 Å². The summed E-state index contributed by atoms with van der Waals surface area (Å²) in [6.07, 6.45) is 0. The summed E-state index contributed by atoms with van der Waals surface area (Å²) in [6, 6.07) is 17.1. The Bertz CT molecular complexity index is 669. The van der Waals surface area contributed by atoms with Crippen LogP contribution in [0.3, 0.4) is 0 Å². The predicted molar refractivity (Wildman–Crippen MR) is 95.2 cm³/mol. The van der Waals surface area contributed by atoms with Crippen LogP contribution in [0.25, 0.3) is 0 Å². The number of ether oxygens (including phenoxy) is 1. The second kappa shape index (κ2) is 7.95. The number of piperazine rings is 1. The number of hydrogen-bond donors (Lipinski definition) is 2. The Balaban J connectivity index is 1.85. The van der Waals surface area contributed by atoms with Gasteiger partial charge in [0.05, 0.1) is 12.8 Å². The Morgan fingerprint density at radius 3 is 2.46 bits per heavy atom. The Labute approximate surface area is 142 Å². The van der Waals surface area contributed by atoms with Gasteiger partial charge in [0.25, 0.3) is 0 Å². The van der Waals surface area contributed by atoms with E-state index in [1.165, 1.54) is 0 Å². The Kier molecular flexibility index (Phi) is 5.46. The molecule has 1 unspecified atom stereocenters. The van der Waals surface area contributed by atoms with E-state index in [-0.39, 0.29) is 11.9 Å². The number of methoxy groups -OCH3 is 1. The van der Waals surface area contributed by atoms with Crippen molar-refractivity contribution in [3.05, 3.63) is 60.2 Å². The van der Waals surface area contributed by atoms with E-state index in [4.69, 9.17) is 4.74 Å². The molecule has 2 aromatic rings. The molecular weight excluding hydrogens is 302 g/mol. The molecule has 1 aliphatic heterocycles. The molecule has 5 nitrogen and oxygen atoms in total. The molecule has 1 saturated heterocycles. The first-order chi connectivity index (χ1) is 11.8. The van der Waals surface area contributed by atoms with E-state index in [0.717, 1.165) is 31.7 Å². The quantitative estimate of drug-likeness (QED) is 0.885. The Morgan fingerprint density at radius 1 is 1.08 bits per heavy atom. The SMILES string of the molecule is COc1ccccc1NC(=O)C(c1ccccc1)N1CCNCC1. The molecule has 1 heterocycles. The van der Waals surface area contributed by atoms with Crippen molar-refractivity contribution >= 4 is 11.6 Å².